The van der Waals surface area contributed by atoms with Gasteiger partial charge in [-0.05, 0) is 19.1 Å². The molecule has 0 N–H and O–H groups in total. The van der Waals surface area contributed by atoms with E-state index in [9.17, 15) is 14.0 Å². The third-order valence-corrected chi connectivity index (χ3v) is 1.69. The van der Waals surface area contributed by atoms with Crippen LogP contribution in [0, 0.1) is 5.82 Å². The van der Waals surface area contributed by atoms with E-state index < -0.39 is 11.8 Å². The molecule has 0 spiro atoms. The Morgan fingerprint density at radius 3 is 2.81 bits per heavy atom. The van der Waals surface area contributed by atoms with Crippen LogP contribution >= 0.6 is 0 Å². The highest BCUT2D eigenvalue weighted by atomic mass is 19.1. The zero-order chi connectivity index (χ0) is 12.0. The summed E-state index contributed by atoms with van der Waals surface area (Å²) in [6, 6.07) is 3.51. The molecule has 0 unspecified atom stereocenters. The Morgan fingerprint density at radius 2 is 2.19 bits per heavy atom. The average Bonchev–Trinajstić information content (AvgIpc) is 2.26. The van der Waals surface area contributed by atoms with Crippen molar-refractivity contribution in [2.75, 3.05) is 13.2 Å². The van der Waals surface area contributed by atoms with Gasteiger partial charge in [-0.15, -0.1) is 0 Å². The third kappa shape index (κ3) is 3.68. The molecule has 0 saturated carbocycles. The molecule has 1 aromatic carbocycles. The van der Waals surface area contributed by atoms with Gasteiger partial charge in [0.2, 0.25) is 0 Å². The molecule has 0 saturated heterocycles. The summed E-state index contributed by atoms with van der Waals surface area (Å²) in [5, 5.41) is 0. The van der Waals surface area contributed by atoms with Crippen molar-refractivity contribution in [3.8, 4) is 5.75 Å². The first kappa shape index (κ1) is 12.2. The van der Waals surface area contributed by atoms with Crippen molar-refractivity contribution in [1.29, 1.82) is 0 Å². The molecule has 5 heteroatoms. The number of carbonyl (C=O) groups is 2. The van der Waals surface area contributed by atoms with E-state index in [1.54, 1.807) is 6.92 Å². The fourth-order valence-corrected chi connectivity index (χ4v) is 1.08. The molecule has 0 fully saturated rings. The van der Waals surface area contributed by atoms with E-state index >= 15 is 0 Å². The fourth-order valence-electron chi connectivity index (χ4n) is 1.08. The molecule has 0 aromatic heterocycles. The number of aldehydes is 1. The molecule has 16 heavy (non-hydrogen) atoms. The van der Waals surface area contributed by atoms with Crippen molar-refractivity contribution in [3.63, 3.8) is 0 Å². The largest absolute Gasteiger partial charge is 0.482 e. The lowest BCUT2D eigenvalue weighted by Gasteiger charge is -2.06. The van der Waals surface area contributed by atoms with Crippen LogP contribution in [-0.2, 0) is 9.53 Å². The second kappa shape index (κ2) is 5.85. The Bertz CT molecular complexity index is 390. The Hall–Kier alpha value is -1.91. The first-order chi connectivity index (χ1) is 7.65. The maximum absolute atomic E-state index is 12.9. The predicted molar refractivity (Wildman–Crippen MR) is 53.9 cm³/mol. The molecule has 0 bridgehead atoms. The zero-order valence-electron chi connectivity index (χ0n) is 8.73. The minimum atomic E-state index is -0.594. The highest BCUT2D eigenvalue weighted by Crippen LogP contribution is 2.15. The van der Waals surface area contributed by atoms with E-state index in [1.165, 1.54) is 6.07 Å². The number of ether oxygens (including phenoxy) is 2. The predicted octanol–water partition coefficient (Wildman–Crippen LogP) is 1.58. The minimum Gasteiger partial charge on any atom is -0.482 e. The topological polar surface area (TPSA) is 52.6 Å². The van der Waals surface area contributed by atoms with Gasteiger partial charge >= 0.3 is 5.97 Å². The number of esters is 1. The van der Waals surface area contributed by atoms with Crippen LogP contribution in [0.3, 0.4) is 0 Å². The molecule has 0 atom stereocenters. The number of hydrogen-bond donors (Lipinski definition) is 0. The molecule has 0 aliphatic rings. The van der Waals surface area contributed by atoms with Crippen LogP contribution in [0.25, 0.3) is 0 Å². The summed E-state index contributed by atoms with van der Waals surface area (Å²) >= 11 is 0. The Balaban J connectivity index is 2.63. The van der Waals surface area contributed by atoms with Gasteiger partial charge in [0.25, 0.3) is 0 Å². The Morgan fingerprint density at radius 1 is 1.44 bits per heavy atom. The van der Waals surface area contributed by atoms with Gasteiger partial charge < -0.3 is 9.47 Å². The van der Waals surface area contributed by atoms with Crippen LogP contribution in [0.5, 0.6) is 5.75 Å². The Kier molecular flexibility index (Phi) is 4.44. The number of carbonyl (C=O) groups excluding carboxylic acids is 2. The monoisotopic (exact) mass is 226 g/mol. The standard InChI is InChI=1S/C11H11FO4/c1-2-15-11(14)7-16-10-4-8(6-13)3-9(12)5-10/h3-6H,2,7H2,1H3. The van der Waals surface area contributed by atoms with E-state index in [2.05, 4.69) is 4.74 Å². The van der Waals surface area contributed by atoms with Gasteiger partial charge in [-0.1, -0.05) is 0 Å². The average molecular weight is 226 g/mol. The first-order valence-electron chi connectivity index (χ1n) is 4.70. The molecule has 1 rings (SSSR count). The summed E-state index contributed by atoms with van der Waals surface area (Å²) in [4.78, 5) is 21.4. The highest BCUT2D eigenvalue weighted by Gasteiger charge is 2.05. The van der Waals surface area contributed by atoms with Gasteiger partial charge in [-0.25, -0.2) is 9.18 Å². The molecule has 0 aliphatic heterocycles. The van der Waals surface area contributed by atoms with Gasteiger partial charge in [0, 0.05) is 11.6 Å². The number of rotatable bonds is 5. The van der Waals surface area contributed by atoms with Crippen LogP contribution in [0.1, 0.15) is 17.3 Å². The lowest BCUT2D eigenvalue weighted by atomic mass is 10.2. The lowest BCUT2D eigenvalue weighted by Crippen LogP contribution is -2.14. The van der Waals surface area contributed by atoms with Crippen molar-refractivity contribution >= 4 is 12.3 Å². The third-order valence-electron chi connectivity index (χ3n) is 1.69. The quantitative estimate of drug-likeness (QED) is 0.565. The van der Waals surface area contributed by atoms with Crippen LogP contribution < -0.4 is 4.74 Å². The van der Waals surface area contributed by atoms with E-state index in [-0.39, 0.29) is 24.5 Å². The van der Waals surface area contributed by atoms with Gasteiger partial charge in [-0.2, -0.15) is 0 Å². The summed E-state index contributed by atoms with van der Waals surface area (Å²) in [6.45, 7) is 1.62. The van der Waals surface area contributed by atoms with Crippen LogP contribution in [0.15, 0.2) is 18.2 Å². The van der Waals surface area contributed by atoms with E-state index in [1.807, 2.05) is 0 Å². The molecule has 4 nitrogen and oxygen atoms in total. The Labute approximate surface area is 92.0 Å². The summed E-state index contributed by atoms with van der Waals surface area (Å²) in [6.07, 6.45) is 0.500. The minimum absolute atomic E-state index is 0.121. The van der Waals surface area contributed by atoms with Crippen molar-refractivity contribution < 1.29 is 23.5 Å². The smallest absolute Gasteiger partial charge is 0.344 e. The zero-order valence-corrected chi connectivity index (χ0v) is 8.73. The molecule has 0 radical (unpaired) electrons. The summed E-state index contributed by atoms with van der Waals surface area (Å²) in [5.74, 6) is -1.02. The molecule has 0 aliphatic carbocycles. The van der Waals surface area contributed by atoms with Gasteiger partial charge in [0.1, 0.15) is 17.9 Å². The first-order valence-corrected chi connectivity index (χ1v) is 4.70. The number of halogens is 1. The van der Waals surface area contributed by atoms with Crippen LogP contribution in [-0.4, -0.2) is 25.5 Å². The molecular formula is C11H11FO4. The van der Waals surface area contributed by atoms with E-state index in [4.69, 9.17) is 4.74 Å². The summed E-state index contributed by atoms with van der Waals surface area (Å²) in [5.41, 5.74) is 0.152. The molecule has 86 valence electrons. The van der Waals surface area contributed by atoms with Crippen molar-refractivity contribution in [1.82, 2.24) is 0 Å². The van der Waals surface area contributed by atoms with Crippen molar-refractivity contribution in [2.45, 2.75) is 6.92 Å². The molecular weight excluding hydrogens is 215 g/mol. The second-order valence-corrected chi connectivity index (χ2v) is 2.93. The fraction of sp³-hybridized carbons (Fsp3) is 0.273. The maximum atomic E-state index is 12.9. The normalized spacial score (nSPS) is 9.62. The summed E-state index contributed by atoms with van der Waals surface area (Å²) in [7, 11) is 0. The van der Waals surface area contributed by atoms with E-state index in [0.717, 1.165) is 12.1 Å². The maximum Gasteiger partial charge on any atom is 0.344 e. The van der Waals surface area contributed by atoms with Crippen molar-refractivity contribution in [3.05, 3.63) is 29.6 Å². The second-order valence-electron chi connectivity index (χ2n) is 2.93. The summed E-state index contributed by atoms with van der Waals surface area (Å²) < 4.78 is 22.5. The van der Waals surface area contributed by atoms with Gasteiger partial charge in [0.15, 0.2) is 6.61 Å². The van der Waals surface area contributed by atoms with Crippen LogP contribution in [0.4, 0.5) is 4.39 Å². The number of hydrogen-bond acceptors (Lipinski definition) is 4. The van der Waals surface area contributed by atoms with Crippen molar-refractivity contribution in [2.24, 2.45) is 0 Å². The van der Waals surface area contributed by atoms with E-state index in [0.29, 0.717) is 6.29 Å². The lowest BCUT2D eigenvalue weighted by molar-refractivity contribution is -0.145. The number of benzene rings is 1. The van der Waals surface area contributed by atoms with Crippen LogP contribution in [0.2, 0.25) is 0 Å². The highest BCUT2D eigenvalue weighted by molar-refractivity contribution is 5.75. The SMILES string of the molecule is CCOC(=O)COc1cc(F)cc(C=O)c1. The molecule has 1 aromatic rings. The molecule has 0 amide bonds. The molecule has 0 heterocycles. The van der Waals surface area contributed by atoms with Gasteiger partial charge in [-0.3, -0.25) is 4.79 Å². The van der Waals surface area contributed by atoms with Gasteiger partial charge in [0.05, 0.1) is 6.61 Å².